The summed E-state index contributed by atoms with van der Waals surface area (Å²) in [5.74, 6) is 0.871. The van der Waals surface area contributed by atoms with Gasteiger partial charge in [-0.05, 0) is 17.7 Å². The number of rotatable bonds is 2. The van der Waals surface area contributed by atoms with E-state index < -0.39 is 0 Å². The highest BCUT2D eigenvalue weighted by Crippen LogP contribution is 2.23. The monoisotopic (exact) mass is 217 g/mol. The van der Waals surface area contributed by atoms with Gasteiger partial charge in [-0.3, -0.25) is 0 Å². The van der Waals surface area contributed by atoms with Gasteiger partial charge in [0.2, 0.25) is 0 Å². The molecule has 0 aliphatic heterocycles. The molecular weight excluding hydrogens is 205 g/mol. The third-order valence-corrected chi connectivity index (χ3v) is 2.34. The second kappa shape index (κ2) is 4.26. The Morgan fingerprint density at radius 3 is 2.50 bits per heavy atom. The Morgan fingerprint density at radius 1 is 1.25 bits per heavy atom. The lowest BCUT2D eigenvalue weighted by molar-refractivity contribution is 0.628. The second-order valence-electron chi connectivity index (χ2n) is 3.45. The first kappa shape index (κ1) is 10.5. The molecule has 0 amide bonds. The van der Waals surface area contributed by atoms with Crippen molar-refractivity contribution in [3.05, 3.63) is 42.1 Å². The third kappa shape index (κ3) is 2.00. The van der Waals surface area contributed by atoms with Crippen LogP contribution in [0.2, 0.25) is 0 Å². The molecule has 3 nitrogen and oxygen atoms in total. The smallest absolute Gasteiger partial charge is 0.135 e. The molecule has 0 saturated heterocycles. The first-order chi connectivity index (χ1) is 7.70. The number of hydrogen-bond acceptors (Lipinski definition) is 3. The van der Waals surface area contributed by atoms with Crippen LogP contribution in [0.4, 0.5) is 10.2 Å². The minimum atomic E-state index is -0.270. The normalized spacial score (nSPS) is 10.4. The molecular formula is C12H12FN3. The van der Waals surface area contributed by atoms with Crippen LogP contribution < -0.4 is 5.73 Å². The van der Waals surface area contributed by atoms with Gasteiger partial charge in [0.15, 0.2) is 0 Å². The van der Waals surface area contributed by atoms with Crippen molar-refractivity contribution < 1.29 is 4.39 Å². The van der Waals surface area contributed by atoms with Crippen LogP contribution in [0.3, 0.4) is 0 Å². The Hall–Kier alpha value is -1.97. The number of benzene rings is 1. The fourth-order valence-electron chi connectivity index (χ4n) is 1.46. The lowest BCUT2D eigenvalue weighted by atomic mass is 10.1. The highest BCUT2D eigenvalue weighted by molar-refractivity contribution is 5.72. The van der Waals surface area contributed by atoms with E-state index in [-0.39, 0.29) is 5.82 Å². The predicted octanol–water partition coefficient (Wildman–Crippen LogP) is 2.43. The van der Waals surface area contributed by atoms with E-state index in [1.807, 2.05) is 6.92 Å². The molecule has 0 spiro atoms. The fraction of sp³-hybridized carbons (Fsp3) is 0.167. The molecule has 0 fully saturated rings. The van der Waals surface area contributed by atoms with Gasteiger partial charge in [-0.1, -0.05) is 19.1 Å². The lowest BCUT2D eigenvalue weighted by Gasteiger charge is -2.05. The Balaban J connectivity index is 2.44. The van der Waals surface area contributed by atoms with Gasteiger partial charge in [0.25, 0.3) is 0 Å². The zero-order chi connectivity index (χ0) is 11.5. The number of aryl methyl sites for hydroxylation is 1. The summed E-state index contributed by atoms with van der Waals surface area (Å²) in [5.41, 5.74) is 7.38. The Kier molecular flexibility index (Phi) is 2.81. The minimum absolute atomic E-state index is 0.270. The molecule has 0 aliphatic carbocycles. The van der Waals surface area contributed by atoms with Gasteiger partial charge in [-0.25, -0.2) is 14.4 Å². The Labute approximate surface area is 93.2 Å². The van der Waals surface area contributed by atoms with Gasteiger partial charge in [0.05, 0.1) is 0 Å². The topological polar surface area (TPSA) is 51.8 Å². The average molecular weight is 217 g/mol. The standard InChI is InChI=1S/C12H12FN3/c1-2-11-15-7-10(12(14)16-11)8-3-5-9(13)6-4-8/h3-7H,2H2,1H3,(H2,14,15,16). The van der Waals surface area contributed by atoms with E-state index in [1.54, 1.807) is 18.3 Å². The molecule has 0 atom stereocenters. The van der Waals surface area contributed by atoms with E-state index in [0.29, 0.717) is 11.6 Å². The minimum Gasteiger partial charge on any atom is -0.383 e. The number of halogens is 1. The molecule has 1 heterocycles. The maximum atomic E-state index is 12.8. The Morgan fingerprint density at radius 2 is 1.94 bits per heavy atom. The van der Waals surface area contributed by atoms with Crippen LogP contribution in [-0.2, 0) is 6.42 Å². The fourth-order valence-corrected chi connectivity index (χ4v) is 1.46. The molecule has 16 heavy (non-hydrogen) atoms. The molecule has 1 aromatic heterocycles. The van der Waals surface area contributed by atoms with Crippen LogP contribution in [0, 0.1) is 5.82 Å². The van der Waals surface area contributed by atoms with E-state index >= 15 is 0 Å². The van der Waals surface area contributed by atoms with Gasteiger partial charge < -0.3 is 5.73 Å². The number of nitrogens with zero attached hydrogens (tertiary/aromatic N) is 2. The summed E-state index contributed by atoms with van der Waals surface area (Å²) in [5, 5.41) is 0. The summed E-state index contributed by atoms with van der Waals surface area (Å²) >= 11 is 0. The maximum Gasteiger partial charge on any atom is 0.135 e. The van der Waals surface area contributed by atoms with Gasteiger partial charge in [-0.15, -0.1) is 0 Å². The van der Waals surface area contributed by atoms with Crippen molar-refractivity contribution in [2.24, 2.45) is 0 Å². The average Bonchev–Trinajstić information content (AvgIpc) is 2.30. The molecule has 0 saturated carbocycles. The van der Waals surface area contributed by atoms with E-state index in [1.165, 1.54) is 12.1 Å². The molecule has 2 N–H and O–H groups in total. The lowest BCUT2D eigenvalue weighted by Crippen LogP contribution is -2.00. The summed E-state index contributed by atoms with van der Waals surface area (Å²) < 4.78 is 12.8. The van der Waals surface area contributed by atoms with Gasteiger partial charge in [0, 0.05) is 18.2 Å². The largest absolute Gasteiger partial charge is 0.383 e. The molecule has 2 rings (SSSR count). The zero-order valence-corrected chi connectivity index (χ0v) is 8.94. The van der Waals surface area contributed by atoms with Crippen molar-refractivity contribution in [3.8, 4) is 11.1 Å². The number of anilines is 1. The summed E-state index contributed by atoms with van der Waals surface area (Å²) in [6.07, 6.45) is 2.42. The van der Waals surface area contributed by atoms with Gasteiger partial charge in [-0.2, -0.15) is 0 Å². The SMILES string of the molecule is CCc1ncc(-c2ccc(F)cc2)c(N)n1. The van der Waals surface area contributed by atoms with Crippen molar-refractivity contribution in [2.45, 2.75) is 13.3 Å². The van der Waals surface area contributed by atoms with Crippen molar-refractivity contribution in [1.29, 1.82) is 0 Å². The number of nitrogens with two attached hydrogens (primary N) is 1. The number of aromatic nitrogens is 2. The van der Waals surface area contributed by atoms with E-state index in [4.69, 9.17) is 5.73 Å². The highest BCUT2D eigenvalue weighted by Gasteiger charge is 2.05. The molecule has 0 radical (unpaired) electrons. The predicted molar refractivity (Wildman–Crippen MR) is 61.2 cm³/mol. The van der Waals surface area contributed by atoms with E-state index in [0.717, 1.165) is 17.5 Å². The second-order valence-corrected chi connectivity index (χ2v) is 3.45. The summed E-state index contributed by atoms with van der Waals surface area (Å²) in [6, 6.07) is 6.11. The van der Waals surface area contributed by atoms with Crippen molar-refractivity contribution >= 4 is 5.82 Å². The first-order valence-electron chi connectivity index (χ1n) is 5.08. The summed E-state index contributed by atoms with van der Waals surface area (Å²) in [7, 11) is 0. The molecule has 4 heteroatoms. The molecule has 0 aliphatic rings. The zero-order valence-electron chi connectivity index (χ0n) is 8.94. The highest BCUT2D eigenvalue weighted by atomic mass is 19.1. The van der Waals surface area contributed by atoms with Crippen molar-refractivity contribution in [3.63, 3.8) is 0 Å². The third-order valence-electron chi connectivity index (χ3n) is 2.34. The first-order valence-corrected chi connectivity index (χ1v) is 5.08. The van der Waals surface area contributed by atoms with Gasteiger partial charge in [0.1, 0.15) is 17.5 Å². The number of nitrogen functional groups attached to an aromatic ring is 1. The van der Waals surface area contributed by atoms with Crippen LogP contribution in [0.25, 0.3) is 11.1 Å². The van der Waals surface area contributed by atoms with Crippen molar-refractivity contribution in [2.75, 3.05) is 5.73 Å². The molecule has 82 valence electrons. The van der Waals surface area contributed by atoms with Crippen LogP contribution in [0.15, 0.2) is 30.5 Å². The van der Waals surface area contributed by atoms with E-state index in [2.05, 4.69) is 9.97 Å². The maximum absolute atomic E-state index is 12.8. The molecule has 0 unspecified atom stereocenters. The van der Waals surface area contributed by atoms with Crippen LogP contribution in [0.1, 0.15) is 12.7 Å². The van der Waals surface area contributed by atoms with Crippen LogP contribution in [-0.4, -0.2) is 9.97 Å². The quantitative estimate of drug-likeness (QED) is 0.840. The molecule has 1 aromatic carbocycles. The van der Waals surface area contributed by atoms with E-state index in [9.17, 15) is 4.39 Å². The molecule has 2 aromatic rings. The summed E-state index contributed by atoms with van der Waals surface area (Å²) in [6.45, 7) is 1.96. The van der Waals surface area contributed by atoms with Gasteiger partial charge >= 0.3 is 0 Å². The van der Waals surface area contributed by atoms with Crippen LogP contribution >= 0.6 is 0 Å². The molecule has 0 bridgehead atoms. The summed E-state index contributed by atoms with van der Waals surface area (Å²) in [4.78, 5) is 8.34. The number of hydrogen-bond donors (Lipinski definition) is 1. The van der Waals surface area contributed by atoms with Crippen LogP contribution in [0.5, 0.6) is 0 Å². The Bertz CT molecular complexity index is 494. The van der Waals surface area contributed by atoms with Crippen molar-refractivity contribution in [1.82, 2.24) is 9.97 Å².